The molecule has 1 heterocycles. The van der Waals surface area contributed by atoms with Crippen molar-refractivity contribution >= 4 is 5.69 Å². The fraction of sp³-hybridized carbons (Fsp3) is 0.625. The van der Waals surface area contributed by atoms with Gasteiger partial charge in [0.2, 0.25) is 0 Å². The summed E-state index contributed by atoms with van der Waals surface area (Å²) in [6, 6.07) is 9.46. The van der Waals surface area contributed by atoms with Gasteiger partial charge >= 0.3 is 0 Å². The average Bonchev–Trinajstić information content (AvgIpc) is 2.88. The summed E-state index contributed by atoms with van der Waals surface area (Å²) in [6.07, 6.45) is 1.24. The van der Waals surface area contributed by atoms with Crippen molar-refractivity contribution in [1.82, 2.24) is 4.90 Å². The lowest BCUT2D eigenvalue weighted by Crippen LogP contribution is -2.37. The van der Waals surface area contributed by atoms with E-state index in [2.05, 4.69) is 55.0 Å². The van der Waals surface area contributed by atoms with E-state index in [-0.39, 0.29) is 0 Å². The van der Waals surface area contributed by atoms with E-state index in [0.29, 0.717) is 12.0 Å². The Morgan fingerprint density at radius 2 is 2.11 bits per heavy atom. The molecule has 1 atom stereocenters. The lowest BCUT2D eigenvalue weighted by atomic mass is 10.0. The molecule has 1 aromatic carbocycles. The second-order valence-electron chi connectivity index (χ2n) is 5.87. The zero-order valence-electron chi connectivity index (χ0n) is 12.5. The third-order valence-electron chi connectivity index (χ3n) is 4.17. The molecule has 0 radical (unpaired) electrons. The van der Waals surface area contributed by atoms with Crippen molar-refractivity contribution in [3.05, 3.63) is 29.8 Å². The van der Waals surface area contributed by atoms with Gasteiger partial charge in [0.15, 0.2) is 0 Å². The molecule has 1 aromatic rings. The van der Waals surface area contributed by atoms with Crippen molar-refractivity contribution < 1.29 is 0 Å². The number of anilines is 1. The minimum atomic E-state index is 0.581. The molecule has 19 heavy (non-hydrogen) atoms. The lowest BCUT2D eigenvalue weighted by molar-refractivity contribution is 0.266. The van der Waals surface area contributed by atoms with Crippen LogP contribution in [0.4, 0.5) is 5.69 Å². The van der Waals surface area contributed by atoms with E-state index in [4.69, 9.17) is 5.73 Å². The van der Waals surface area contributed by atoms with Gasteiger partial charge in [-0.1, -0.05) is 32.0 Å². The summed E-state index contributed by atoms with van der Waals surface area (Å²) in [5.74, 6) is 0.581. The van der Waals surface area contributed by atoms with Crippen molar-refractivity contribution in [3.63, 3.8) is 0 Å². The zero-order valence-corrected chi connectivity index (χ0v) is 12.5. The maximum atomic E-state index is 5.65. The second-order valence-corrected chi connectivity index (χ2v) is 5.87. The van der Waals surface area contributed by atoms with Gasteiger partial charge in [0.1, 0.15) is 0 Å². The van der Waals surface area contributed by atoms with E-state index in [1.54, 1.807) is 0 Å². The molecule has 1 aliphatic rings. The van der Waals surface area contributed by atoms with Gasteiger partial charge in [-0.05, 0) is 31.0 Å². The Morgan fingerprint density at radius 1 is 1.37 bits per heavy atom. The van der Waals surface area contributed by atoms with E-state index in [1.807, 2.05) is 0 Å². The summed E-state index contributed by atoms with van der Waals surface area (Å²) in [4.78, 5) is 4.94. The second kappa shape index (κ2) is 6.40. The first-order valence-corrected chi connectivity index (χ1v) is 7.37. The van der Waals surface area contributed by atoms with E-state index >= 15 is 0 Å². The summed E-state index contributed by atoms with van der Waals surface area (Å²) < 4.78 is 0. The number of nitrogens with two attached hydrogens (primary N) is 1. The summed E-state index contributed by atoms with van der Waals surface area (Å²) >= 11 is 0. The molecule has 1 fully saturated rings. The number of benzene rings is 1. The maximum Gasteiger partial charge on any atom is 0.0401 e. The molecule has 1 aliphatic heterocycles. The van der Waals surface area contributed by atoms with E-state index in [1.165, 1.54) is 17.7 Å². The molecule has 2 N–H and O–H groups in total. The molecule has 0 aliphatic carbocycles. The fourth-order valence-corrected chi connectivity index (χ4v) is 2.97. The monoisotopic (exact) mass is 261 g/mol. The molecule has 1 unspecified atom stereocenters. The van der Waals surface area contributed by atoms with Gasteiger partial charge in [-0.25, -0.2) is 0 Å². The van der Waals surface area contributed by atoms with Gasteiger partial charge in [-0.15, -0.1) is 0 Å². The number of hydrogen-bond donors (Lipinski definition) is 1. The van der Waals surface area contributed by atoms with Crippen LogP contribution in [0.15, 0.2) is 24.3 Å². The normalized spacial score (nSPS) is 19.7. The van der Waals surface area contributed by atoms with Gasteiger partial charge in [0, 0.05) is 37.9 Å². The summed E-state index contributed by atoms with van der Waals surface area (Å²) in [7, 11) is 2.19. The number of rotatable bonds is 5. The molecule has 1 saturated heterocycles. The Kier molecular flexibility index (Phi) is 4.83. The Morgan fingerprint density at radius 3 is 2.79 bits per heavy atom. The third-order valence-corrected chi connectivity index (χ3v) is 4.17. The van der Waals surface area contributed by atoms with Crippen molar-refractivity contribution in [1.29, 1.82) is 0 Å². The molecule has 0 aromatic heterocycles. The van der Waals surface area contributed by atoms with Crippen LogP contribution in [0, 0.1) is 0 Å². The predicted octanol–water partition coefficient (Wildman–Crippen LogP) is 2.28. The maximum absolute atomic E-state index is 5.65. The van der Waals surface area contributed by atoms with Crippen LogP contribution in [0.2, 0.25) is 0 Å². The van der Waals surface area contributed by atoms with Crippen LogP contribution in [0.5, 0.6) is 0 Å². The number of likely N-dealkylation sites (N-methyl/N-ethyl adjacent to an activating group) is 1. The first-order chi connectivity index (χ1) is 9.13. The molecule has 2 rings (SSSR count). The molecule has 0 saturated carbocycles. The van der Waals surface area contributed by atoms with Crippen LogP contribution in [-0.4, -0.2) is 44.2 Å². The zero-order chi connectivity index (χ0) is 13.8. The number of hydrogen-bond acceptors (Lipinski definition) is 3. The van der Waals surface area contributed by atoms with Crippen LogP contribution < -0.4 is 10.6 Å². The Balaban J connectivity index is 2.08. The van der Waals surface area contributed by atoms with E-state index in [9.17, 15) is 0 Å². The van der Waals surface area contributed by atoms with Gasteiger partial charge in [0.25, 0.3) is 0 Å². The van der Waals surface area contributed by atoms with Gasteiger partial charge in [-0.2, -0.15) is 0 Å². The number of nitrogens with zero attached hydrogens (tertiary/aromatic N) is 2. The molecule has 0 spiro atoms. The molecular weight excluding hydrogens is 234 g/mol. The van der Waals surface area contributed by atoms with Crippen molar-refractivity contribution in [2.45, 2.75) is 32.2 Å². The quantitative estimate of drug-likeness (QED) is 0.882. The molecule has 0 bridgehead atoms. The molecule has 0 amide bonds. The highest BCUT2D eigenvalue weighted by molar-refractivity contribution is 5.55. The minimum absolute atomic E-state index is 0.581. The smallest absolute Gasteiger partial charge is 0.0401 e. The van der Waals surface area contributed by atoms with Crippen LogP contribution >= 0.6 is 0 Å². The first-order valence-electron chi connectivity index (χ1n) is 7.37. The van der Waals surface area contributed by atoms with Crippen molar-refractivity contribution in [2.75, 3.05) is 38.1 Å². The van der Waals surface area contributed by atoms with Crippen LogP contribution in [-0.2, 0) is 0 Å². The van der Waals surface area contributed by atoms with Crippen molar-refractivity contribution in [3.8, 4) is 0 Å². The minimum Gasteiger partial charge on any atom is -0.370 e. The molecule has 3 heteroatoms. The molecular formula is C16H27N3. The molecule has 106 valence electrons. The van der Waals surface area contributed by atoms with Gasteiger partial charge < -0.3 is 15.5 Å². The van der Waals surface area contributed by atoms with E-state index < -0.39 is 0 Å². The van der Waals surface area contributed by atoms with Crippen LogP contribution in [0.3, 0.4) is 0 Å². The van der Waals surface area contributed by atoms with Crippen LogP contribution in [0.1, 0.15) is 31.7 Å². The average molecular weight is 261 g/mol. The van der Waals surface area contributed by atoms with Gasteiger partial charge in [-0.3, -0.25) is 0 Å². The Labute approximate surface area is 117 Å². The van der Waals surface area contributed by atoms with Gasteiger partial charge in [0.05, 0.1) is 0 Å². The summed E-state index contributed by atoms with van der Waals surface area (Å²) in [5.41, 5.74) is 8.53. The largest absolute Gasteiger partial charge is 0.370 e. The predicted molar refractivity (Wildman–Crippen MR) is 82.8 cm³/mol. The molecule has 3 nitrogen and oxygen atoms in total. The highest BCUT2D eigenvalue weighted by Crippen LogP contribution is 2.30. The Bertz CT molecular complexity index is 403. The third kappa shape index (κ3) is 3.28. The highest BCUT2D eigenvalue weighted by atomic mass is 15.2. The highest BCUT2D eigenvalue weighted by Gasteiger charge is 2.26. The lowest BCUT2D eigenvalue weighted by Gasteiger charge is -2.26. The number of para-hydroxylation sites is 1. The van der Waals surface area contributed by atoms with Crippen molar-refractivity contribution in [2.24, 2.45) is 5.73 Å². The SMILES string of the molecule is CC(C)c1ccccc1N1CCC(N(C)CCN)C1. The fourth-order valence-electron chi connectivity index (χ4n) is 2.97. The summed E-state index contributed by atoms with van der Waals surface area (Å²) in [5, 5.41) is 0. The Hall–Kier alpha value is -1.06. The van der Waals surface area contributed by atoms with E-state index in [0.717, 1.165) is 26.2 Å². The van der Waals surface area contributed by atoms with Crippen LogP contribution in [0.25, 0.3) is 0 Å². The standard InChI is InChI=1S/C16H27N3/c1-13(2)15-6-4-5-7-16(15)19-10-8-14(12-19)18(3)11-9-17/h4-7,13-14H,8-12,17H2,1-3H3. The first kappa shape index (κ1) is 14.4. The summed E-state index contributed by atoms with van der Waals surface area (Å²) in [6.45, 7) is 8.56. The topological polar surface area (TPSA) is 32.5 Å².